The third-order valence-corrected chi connectivity index (χ3v) is 7.27. The highest BCUT2D eigenvalue weighted by Crippen LogP contribution is 2.60. The Balaban J connectivity index is 0.000000271. The van der Waals surface area contributed by atoms with Crippen LogP contribution in [0.25, 0.3) is 0 Å². The number of benzene rings is 1. The second-order valence-corrected chi connectivity index (χ2v) is 8.93. The molecule has 168 valence electrons. The summed E-state index contributed by atoms with van der Waals surface area (Å²) in [5.41, 5.74) is 2.99. The van der Waals surface area contributed by atoms with E-state index in [0.29, 0.717) is 17.6 Å². The van der Waals surface area contributed by atoms with E-state index in [4.69, 9.17) is 10.2 Å². The number of phenolic OH excluding ortho intramolecular Hbond substituents is 1. The van der Waals surface area contributed by atoms with Gasteiger partial charge in [-0.25, -0.2) is 0 Å². The molecule has 2 fully saturated rings. The number of phenols is 1. The van der Waals surface area contributed by atoms with Crippen molar-refractivity contribution < 1.29 is 30.0 Å². The van der Waals surface area contributed by atoms with E-state index < -0.39 is 11.9 Å². The summed E-state index contributed by atoms with van der Waals surface area (Å²) >= 11 is 0. The smallest absolute Gasteiger partial charge is 0.303 e. The Bertz CT molecular complexity index is 731. The van der Waals surface area contributed by atoms with Gasteiger partial charge in [0.1, 0.15) is 5.75 Å². The average Bonchev–Trinajstić information content (AvgIpc) is 3.03. The van der Waals surface area contributed by atoms with E-state index in [1.165, 1.54) is 30.4 Å². The standard InChI is InChI=1S/C18H24O2.2C3H6O2/c1-18-9-8-14-13-5-3-12(19)10-11(13)2-4-15(14)16(18)6-7-17(18)20;2*1-2-3(4)5/h3,5,10,14-17,19-20H,2,4,6-9H2,1H3;2*2H2,1H3,(H,4,5)/t14-,15-,16+,17+,18+;;/m1../s1. The molecule has 0 radical (unpaired) electrons. The first-order valence-corrected chi connectivity index (χ1v) is 11.1. The van der Waals surface area contributed by atoms with Crippen molar-refractivity contribution in [1.82, 2.24) is 0 Å². The lowest BCUT2D eigenvalue weighted by molar-refractivity contribution is -0.137. The van der Waals surface area contributed by atoms with Gasteiger partial charge in [0.15, 0.2) is 0 Å². The molecule has 6 heteroatoms. The van der Waals surface area contributed by atoms with Gasteiger partial charge >= 0.3 is 11.9 Å². The molecular formula is C24H36O6. The molecule has 0 aliphatic heterocycles. The number of aryl methyl sites for hydroxylation is 1. The van der Waals surface area contributed by atoms with E-state index in [2.05, 4.69) is 13.0 Å². The maximum absolute atomic E-state index is 10.4. The third-order valence-electron chi connectivity index (χ3n) is 7.27. The lowest BCUT2D eigenvalue weighted by Gasteiger charge is -2.50. The SMILES string of the molecule is CCC(=O)O.CCC(=O)O.C[C@]12CC[C@@H]3c4ccc(O)cc4CC[C@H]3[C@@H]1CC[C@@H]2O. The van der Waals surface area contributed by atoms with E-state index in [-0.39, 0.29) is 24.4 Å². The van der Waals surface area contributed by atoms with Crippen LogP contribution in [0.15, 0.2) is 18.2 Å². The number of carboxylic acid groups (broad SMARTS) is 2. The van der Waals surface area contributed by atoms with Crippen molar-refractivity contribution in [1.29, 1.82) is 0 Å². The summed E-state index contributed by atoms with van der Waals surface area (Å²) in [6.07, 6.45) is 7.22. The van der Waals surface area contributed by atoms with Crippen LogP contribution in [-0.4, -0.2) is 38.5 Å². The number of fused-ring (bicyclic) bond motifs is 5. The molecule has 4 N–H and O–H groups in total. The fourth-order valence-corrected chi connectivity index (χ4v) is 5.54. The number of aliphatic hydroxyl groups excluding tert-OH is 1. The van der Waals surface area contributed by atoms with Gasteiger partial charge in [0.05, 0.1) is 6.10 Å². The van der Waals surface area contributed by atoms with Crippen molar-refractivity contribution in [2.45, 2.75) is 84.2 Å². The molecule has 0 saturated heterocycles. The normalized spacial score (nSPS) is 30.9. The molecule has 1 aromatic rings. The predicted octanol–water partition coefficient (Wildman–Crippen LogP) is 4.57. The van der Waals surface area contributed by atoms with E-state index in [1.807, 2.05) is 12.1 Å². The number of aliphatic hydroxyl groups is 1. The van der Waals surface area contributed by atoms with Crippen molar-refractivity contribution >= 4 is 11.9 Å². The minimum absolute atomic E-state index is 0.0883. The Hall–Kier alpha value is -2.08. The average molecular weight is 421 g/mol. The van der Waals surface area contributed by atoms with Crippen LogP contribution in [-0.2, 0) is 16.0 Å². The molecule has 0 aromatic heterocycles. The van der Waals surface area contributed by atoms with Crippen LogP contribution < -0.4 is 0 Å². The molecular weight excluding hydrogens is 384 g/mol. The summed E-state index contributed by atoms with van der Waals surface area (Å²) in [4.78, 5) is 18.7. The van der Waals surface area contributed by atoms with Crippen LogP contribution in [0.2, 0.25) is 0 Å². The van der Waals surface area contributed by atoms with Crippen LogP contribution in [0.1, 0.15) is 82.8 Å². The Morgan fingerprint density at radius 1 is 1.03 bits per heavy atom. The minimum atomic E-state index is -0.745. The molecule has 3 aliphatic rings. The van der Waals surface area contributed by atoms with Gasteiger partial charge in [-0.05, 0) is 85.0 Å². The first kappa shape index (κ1) is 24.2. The maximum Gasteiger partial charge on any atom is 0.303 e. The first-order valence-electron chi connectivity index (χ1n) is 11.1. The van der Waals surface area contributed by atoms with E-state index in [1.54, 1.807) is 13.8 Å². The fourth-order valence-electron chi connectivity index (χ4n) is 5.54. The first-order chi connectivity index (χ1) is 14.1. The van der Waals surface area contributed by atoms with Gasteiger partial charge in [-0.3, -0.25) is 9.59 Å². The van der Waals surface area contributed by atoms with Crippen molar-refractivity contribution in [3.63, 3.8) is 0 Å². The minimum Gasteiger partial charge on any atom is -0.508 e. The zero-order valence-electron chi connectivity index (χ0n) is 18.3. The summed E-state index contributed by atoms with van der Waals surface area (Å²) in [6.45, 7) is 5.52. The molecule has 1 aromatic carbocycles. The molecule has 4 rings (SSSR count). The van der Waals surface area contributed by atoms with Gasteiger partial charge in [0, 0.05) is 12.8 Å². The number of carboxylic acids is 2. The highest BCUT2D eigenvalue weighted by molar-refractivity contribution is 5.66. The summed E-state index contributed by atoms with van der Waals surface area (Å²) in [7, 11) is 0. The zero-order chi connectivity index (χ0) is 22.5. The number of carbonyl (C=O) groups is 2. The molecule has 0 bridgehead atoms. The molecule has 5 atom stereocenters. The largest absolute Gasteiger partial charge is 0.508 e. The molecule has 6 nitrogen and oxygen atoms in total. The number of aromatic hydroxyl groups is 1. The van der Waals surface area contributed by atoms with Crippen LogP contribution >= 0.6 is 0 Å². The van der Waals surface area contributed by atoms with Crippen molar-refractivity contribution in [3.05, 3.63) is 29.3 Å². The molecule has 0 amide bonds. The molecule has 30 heavy (non-hydrogen) atoms. The Labute approximate surface area is 178 Å². The number of hydrogen-bond donors (Lipinski definition) is 4. The molecule has 3 aliphatic carbocycles. The molecule has 0 spiro atoms. The summed E-state index contributed by atoms with van der Waals surface area (Å²) in [6, 6.07) is 5.96. The van der Waals surface area contributed by atoms with E-state index in [9.17, 15) is 19.8 Å². The second-order valence-electron chi connectivity index (χ2n) is 8.93. The van der Waals surface area contributed by atoms with E-state index in [0.717, 1.165) is 25.2 Å². The van der Waals surface area contributed by atoms with Crippen LogP contribution in [0.4, 0.5) is 0 Å². The summed E-state index contributed by atoms with van der Waals surface area (Å²) in [5, 5.41) is 35.5. The Morgan fingerprint density at radius 2 is 1.63 bits per heavy atom. The van der Waals surface area contributed by atoms with Crippen molar-refractivity contribution in [2.24, 2.45) is 17.3 Å². The maximum atomic E-state index is 10.4. The van der Waals surface area contributed by atoms with Gasteiger partial charge in [0.2, 0.25) is 0 Å². The van der Waals surface area contributed by atoms with Gasteiger partial charge in [-0.1, -0.05) is 26.8 Å². The highest BCUT2D eigenvalue weighted by atomic mass is 16.4. The topological polar surface area (TPSA) is 115 Å². The Kier molecular flexibility index (Phi) is 8.30. The lowest BCUT2D eigenvalue weighted by atomic mass is 9.55. The fraction of sp³-hybridized carbons (Fsp3) is 0.667. The van der Waals surface area contributed by atoms with Crippen LogP contribution in [0.5, 0.6) is 5.75 Å². The van der Waals surface area contributed by atoms with Crippen molar-refractivity contribution in [3.8, 4) is 5.75 Å². The van der Waals surface area contributed by atoms with Gasteiger partial charge in [-0.15, -0.1) is 0 Å². The molecule has 0 unspecified atom stereocenters. The zero-order valence-corrected chi connectivity index (χ0v) is 18.3. The number of aliphatic carboxylic acids is 2. The van der Waals surface area contributed by atoms with Crippen molar-refractivity contribution in [2.75, 3.05) is 0 Å². The Morgan fingerprint density at radius 3 is 2.20 bits per heavy atom. The molecule has 2 saturated carbocycles. The van der Waals surface area contributed by atoms with Crippen LogP contribution in [0, 0.1) is 17.3 Å². The predicted molar refractivity (Wildman–Crippen MR) is 115 cm³/mol. The van der Waals surface area contributed by atoms with Gasteiger partial charge in [-0.2, -0.15) is 0 Å². The van der Waals surface area contributed by atoms with E-state index >= 15 is 0 Å². The monoisotopic (exact) mass is 420 g/mol. The van der Waals surface area contributed by atoms with Gasteiger partial charge < -0.3 is 20.4 Å². The quantitative estimate of drug-likeness (QED) is 0.557. The van der Waals surface area contributed by atoms with Gasteiger partial charge in [0.25, 0.3) is 0 Å². The summed E-state index contributed by atoms with van der Waals surface area (Å²) < 4.78 is 0. The number of rotatable bonds is 2. The highest BCUT2D eigenvalue weighted by Gasteiger charge is 2.54. The summed E-state index contributed by atoms with van der Waals surface area (Å²) in [5.74, 6) is 0.998. The molecule has 0 heterocycles. The third kappa shape index (κ3) is 5.34. The second kappa shape index (κ2) is 10.3. The lowest BCUT2D eigenvalue weighted by Crippen LogP contribution is -2.43. The number of hydrogen-bond acceptors (Lipinski definition) is 4. The van der Waals surface area contributed by atoms with Crippen LogP contribution in [0.3, 0.4) is 0 Å².